The highest BCUT2D eigenvalue weighted by Crippen LogP contribution is 2.25. The molecule has 2 aliphatic heterocycles. The van der Waals surface area contributed by atoms with Gasteiger partial charge in [-0.1, -0.05) is 5.17 Å². The van der Waals surface area contributed by atoms with Crippen LogP contribution < -0.4 is 11.2 Å². The number of carbonyl (C=O) groups excluding carboxylic acids is 1. The van der Waals surface area contributed by atoms with Crippen LogP contribution in [0.1, 0.15) is 0 Å². The van der Waals surface area contributed by atoms with E-state index >= 15 is 0 Å². The molecule has 108 valence electrons. The van der Waals surface area contributed by atoms with E-state index in [0.717, 1.165) is 6.34 Å². The number of aliphatic hydroxyl groups is 2. The lowest BCUT2D eigenvalue weighted by Gasteiger charge is -2.31. The van der Waals surface area contributed by atoms with Gasteiger partial charge in [-0.2, -0.15) is 0 Å². The summed E-state index contributed by atoms with van der Waals surface area (Å²) in [6.45, 7) is -0.419. The maximum absolute atomic E-state index is 11.5. The third kappa shape index (κ3) is 2.60. The Hall–Kier alpha value is -1.50. The molecule has 2 aliphatic rings. The standard InChI is InChI=1S/C8H15N5O6/c1-17-6-5(15)4(2-14)18-7(6)19-12-8(16)10-3-11-13(12)9/h3-7,14-15H,2,9H2,1H3,(H,10,11,16)/t4-,5-,6-,7?/m1/s1. The third-order valence-electron chi connectivity index (χ3n) is 2.67. The topological polar surface area (TPSA) is 142 Å². The fourth-order valence-electron chi connectivity index (χ4n) is 1.72. The van der Waals surface area contributed by atoms with Crippen LogP contribution in [0.3, 0.4) is 0 Å². The molecule has 4 atom stereocenters. The number of carbonyl (C=O) groups is 1. The molecule has 0 aromatic rings. The van der Waals surface area contributed by atoms with Crippen LogP contribution in [0.25, 0.3) is 0 Å². The molecule has 2 rings (SSSR count). The Kier molecular flexibility index (Phi) is 4.14. The highest BCUT2D eigenvalue weighted by Gasteiger charge is 2.47. The molecule has 0 aromatic heterocycles. The maximum Gasteiger partial charge on any atom is 0.369 e. The Morgan fingerprint density at radius 1 is 1.68 bits per heavy atom. The Morgan fingerprint density at radius 3 is 3.00 bits per heavy atom. The van der Waals surface area contributed by atoms with Gasteiger partial charge in [0.15, 0.2) is 0 Å². The van der Waals surface area contributed by atoms with Gasteiger partial charge in [0.1, 0.15) is 24.7 Å². The van der Waals surface area contributed by atoms with E-state index in [0.29, 0.717) is 10.4 Å². The van der Waals surface area contributed by atoms with Gasteiger partial charge in [0.2, 0.25) is 6.29 Å². The van der Waals surface area contributed by atoms with Crippen molar-refractivity contribution in [2.75, 3.05) is 13.7 Å². The van der Waals surface area contributed by atoms with Gasteiger partial charge in [0, 0.05) is 7.11 Å². The van der Waals surface area contributed by atoms with Crippen LogP contribution in [0.2, 0.25) is 0 Å². The molecule has 0 bridgehead atoms. The highest BCUT2D eigenvalue weighted by atomic mass is 16.8. The van der Waals surface area contributed by atoms with Gasteiger partial charge in [-0.05, 0) is 0 Å². The molecule has 0 spiro atoms. The zero-order valence-electron chi connectivity index (χ0n) is 10.0. The molecule has 19 heavy (non-hydrogen) atoms. The average Bonchev–Trinajstić information content (AvgIpc) is 2.69. The number of nitrogens with zero attached hydrogens (tertiary/aromatic N) is 3. The normalized spacial score (nSPS) is 34.8. The van der Waals surface area contributed by atoms with Crippen LogP contribution in [0.5, 0.6) is 0 Å². The van der Waals surface area contributed by atoms with Crippen molar-refractivity contribution >= 4 is 12.4 Å². The minimum atomic E-state index is -1.12. The summed E-state index contributed by atoms with van der Waals surface area (Å²) in [5.41, 5.74) is 0. The van der Waals surface area contributed by atoms with Gasteiger partial charge in [0.05, 0.1) is 6.61 Å². The number of hydrazine groups is 2. The first-order chi connectivity index (χ1) is 9.08. The summed E-state index contributed by atoms with van der Waals surface area (Å²) in [5.74, 6) is 5.40. The lowest BCUT2D eigenvalue weighted by atomic mass is 10.1. The predicted octanol–water partition coefficient (Wildman–Crippen LogP) is -2.93. The predicted molar refractivity (Wildman–Crippen MR) is 58.5 cm³/mol. The number of hydrogen-bond acceptors (Lipinski definition) is 9. The van der Waals surface area contributed by atoms with E-state index in [2.05, 4.69) is 10.4 Å². The van der Waals surface area contributed by atoms with E-state index in [-0.39, 0.29) is 0 Å². The van der Waals surface area contributed by atoms with E-state index in [9.17, 15) is 9.90 Å². The quantitative estimate of drug-likeness (QED) is 0.400. The van der Waals surface area contributed by atoms with Crippen LogP contribution in [0.15, 0.2) is 5.10 Å². The fraction of sp³-hybridized carbons (Fsp3) is 0.750. The molecule has 2 heterocycles. The van der Waals surface area contributed by atoms with Crippen LogP contribution in [0, 0.1) is 0 Å². The minimum absolute atomic E-state index is 0.419. The zero-order chi connectivity index (χ0) is 14.0. The van der Waals surface area contributed by atoms with Gasteiger partial charge < -0.3 is 19.7 Å². The van der Waals surface area contributed by atoms with Gasteiger partial charge in [-0.25, -0.2) is 15.5 Å². The van der Waals surface area contributed by atoms with Gasteiger partial charge >= 0.3 is 6.03 Å². The summed E-state index contributed by atoms with van der Waals surface area (Å²) in [5, 5.41) is 25.9. The molecule has 1 unspecified atom stereocenters. The number of aliphatic hydroxyl groups excluding tert-OH is 2. The van der Waals surface area contributed by atoms with Crippen molar-refractivity contribution < 1.29 is 29.3 Å². The number of methoxy groups -OCH3 is 1. The maximum atomic E-state index is 11.5. The molecule has 1 saturated heterocycles. The van der Waals surface area contributed by atoms with E-state index in [1.807, 2.05) is 0 Å². The molecular formula is C8H15N5O6. The first kappa shape index (κ1) is 13.9. The number of hydrazone groups is 1. The number of amides is 2. The summed E-state index contributed by atoms with van der Waals surface area (Å²) < 4.78 is 10.2. The van der Waals surface area contributed by atoms with Gasteiger partial charge in [-0.15, -0.1) is 10.3 Å². The summed E-state index contributed by atoms with van der Waals surface area (Å²) in [7, 11) is 1.34. The Balaban J connectivity index is 2.05. The summed E-state index contributed by atoms with van der Waals surface area (Å²) in [6.07, 6.45) is -2.90. The molecule has 11 nitrogen and oxygen atoms in total. The molecular weight excluding hydrogens is 262 g/mol. The molecule has 0 aromatic carbocycles. The van der Waals surface area contributed by atoms with Crippen molar-refractivity contribution in [2.24, 2.45) is 10.9 Å². The number of hydroxylamine groups is 1. The number of ether oxygens (including phenoxy) is 2. The van der Waals surface area contributed by atoms with Crippen molar-refractivity contribution in [3.63, 3.8) is 0 Å². The summed E-state index contributed by atoms with van der Waals surface area (Å²) in [6, 6.07) is -0.696. The SMILES string of the molecule is CO[C@H]1C(ON2C(=O)NC=NN2N)O[C@H](CO)[C@H]1O. The molecule has 0 radical (unpaired) electrons. The lowest BCUT2D eigenvalue weighted by Crippen LogP contribution is -2.57. The zero-order valence-corrected chi connectivity index (χ0v) is 10.0. The molecule has 5 N–H and O–H groups in total. The fourth-order valence-corrected chi connectivity index (χ4v) is 1.72. The van der Waals surface area contributed by atoms with Crippen LogP contribution in [0.4, 0.5) is 4.79 Å². The second-order valence-electron chi connectivity index (χ2n) is 3.81. The molecule has 0 saturated carbocycles. The Morgan fingerprint density at radius 2 is 2.42 bits per heavy atom. The molecule has 0 aliphatic carbocycles. The summed E-state index contributed by atoms with van der Waals surface area (Å²) in [4.78, 5) is 16.7. The molecule has 11 heteroatoms. The van der Waals surface area contributed by atoms with E-state index < -0.39 is 37.2 Å². The van der Waals surface area contributed by atoms with Crippen molar-refractivity contribution in [3.8, 4) is 0 Å². The van der Waals surface area contributed by atoms with E-state index in [1.165, 1.54) is 7.11 Å². The first-order valence-corrected chi connectivity index (χ1v) is 5.40. The summed E-state index contributed by atoms with van der Waals surface area (Å²) >= 11 is 0. The largest absolute Gasteiger partial charge is 0.394 e. The monoisotopic (exact) mass is 277 g/mol. The average molecular weight is 277 g/mol. The lowest BCUT2D eigenvalue weighted by molar-refractivity contribution is -0.338. The highest BCUT2D eigenvalue weighted by molar-refractivity contribution is 5.86. The van der Waals surface area contributed by atoms with Crippen LogP contribution >= 0.6 is 0 Å². The molecule has 1 fully saturated rings. The second kappa shape index (κ2) is 5.64. The van der Waals surface area contributed by atoms with Crippen molar-refractivity contribution in [2.45, 2.75) is 24.6 Å². The van der Waals surface area contributed by atoms with Gasteiger partial charge in [0.25, 0.3) is 0 Å². The Labute approximate surface area is 108 Å². The number of nitrogens with one attached hydrogen (secondary N) is 1. The van der Waals surface area contributed by atoms with Crippen molar-refractivity contribution in [3.05, 3.63) is 0 Å². The van der Waals surface area contributed by atoms with E-state index in [1.54, 1.807) is 0 Å². The van der Waals surface area contributed by atoms with Crippen molar-refractivity contribution in [1.82, 2.24) is 15.7 Å². The van der Waals surface area contributed by atoms with E-state index in [4.69, 9.17) is 25.3 Å². The first-order valence-electron chi connectivity index (χ1n) is 5.40. The smallest absolute Gasteiger partial charge is 0.369 e. The van der Waals surface area contributed by atoms with Gasteiger partial charge in [-0.3, -0.25) is 5.32 Å². The molecule has 2 amide bonds. The number of hydrogen-bond donors (Lipinski definition) is 4. The second-order valence-corrected chi connectivity index (χ2v) is 3.81. The number of nitrogens with two attached hydrogens (primary N) is 1. The number of urea groups is 1. The van der Waals surface area contributed by atoms with Crippen molar-refractivity contribution in [1.29, 1.82) is 0 Å². The van der Waals surface area contributed by atoms with Crippen LogP contribution in [-0.2, 0) is 14.3 Å². The number of rotatable bonds is 4. The Bertz CT molecular complexity index is 368. The minimum Gasteiger partial charge on any atom is -0.394 e. The van der Waals surface area contributed by atoms with Crippen LogP contribution in [-0.4, -0.2) is 71.3 Å². The third-order valence-corrected chi connectivity index (χ3v) is 2.67.